The Labute approximate surface area is 129 Å². The molecule has 0 atom stereocenters. The van der Waals surface area contributed by atoms with E-state index in [0.717, 1.165) is 18.2 Å². The van der Waals surface area contributed by atoms with Crippen LogP contribution in [0.5, 0.6) is 17.2 Å². The molecule has 0 heterocycles. The Bertz CT molecular complexity index is 866. The van der Waals surface area contributed by atoms with Gasteiger partial charge in [-0.25, -0.2) is 0 Å². The Morgan fingerprint density at radius 1 is 0.955 bits per heavy atom. The van der Waals surface area contributed by atoms with Crippen molar-refractivity contribution in [1.29, 1.82) is 0 Å². The van der Waals surface area contributed by atoms with Gasteiger partial charge in [0.2, 0.25) is 0 Å². The zero-order valence-electron chi connectivity index (χ0n) is 10.7. The van der Waals surface area contributed by atoms with E-state index < -0.39 is 20.8 Å². The van der Waals surface area contributed by atoms with Crippen molar-refractivity contribution < 1.29 is 28.3 Å². The SMILES string of the molecule is O=S(=O)(O)c1cc(Cl)cc(/N=N/c2ccc(O)cc2O)c1O. The number of hydrogen-bond donors (Lipinski definition) is 4. The zero-order valence-corrected chi connectivity index (χ0v) is 12.2. The monoisotopic (exact) mass is 344 g/mol. The molecular weight excluding hydrogens is 336 g/mol. The molecule has 2 aromatic carbocycles. The number of hydrogen-bond acceptors (Lipinski definition) is 7. The van der Waals surface area contributed by atoms with Gasteiger partial charge in [-0.3, -0.25) is 4.55 Å². The Balaban J connectivity index is 2.50. The van der Waals surface area contributed by atoms with Crippen molar-refractivity contribution in [3.63, 3.8) is 0 Å². The van der Waals surface area contributed by atoms with Gasteiger partial charge in [0.05, 0.1) is 0 Å². The minimum atomic E-state index is -4.69. The van der Waals surface area contributed by atoms with Crippen molar-refractivity contribution in [2.45, 2.75) is 4.90 Å². The van der Waals surface area contributed by atoms with E-state index >= 15 is 0 Å². The molecule has 4 N–H and O–H groups in total. The van der Waals surface area contributed by atoms with E-state index in [0.29, 0.717) is 0 Å². The summed E-state index contributed by atoms with van der Waals surface area (Å²) in [6, 6.07) is 5.49. The lowest BCUT2D eigenvalue weighted by molar-refractivity contribution is 0.443. The van der Waals surface area contributed by atoms with Crippen LogP contribution >= 0.6 is 11.6 Å². The summed E-state index contributed by atoms with van der Waals surface area (Å²) in [6.07, 6.45) is 0. The summed E-state index contributed by atoms with van der Waals surface area (Å²) in [5.41, 5.74) is -0.363. The van der Waals surface area contributed by atoms with Gasteiger partial charge in [0.25, 0.3) is 10.1 Å². The summed E-state index contributed by atoms with van der Waals surface area (Å²) in [6.45, 7) is 0. The third kappa shape index (κ3) is 3.45. The quantitative estimate of drug-likeness (QED) is 0.498. The predicted octanol–water partition coefficient (Wildman–Crippen LogP) is 3.12. The third-order valence-corrected chi connectivity index (χ3v) is 3.61. The number of aromatic hydroxyl groups is 3. The van der Waals surface area contributed by atoms with Gasteiger partial charge in [-0.05, 0) is 24.3 Å². The molecule has 0 amide bonds. The number of benzene rings is 2. The molecule has 0 fully saturated rings. The molecule has 2 aromatic rings. The fourth-order valence-corrected chi connectivity index (χ4v) is 2.44. The Hall–Kier alpha value is -2.36. The average Bonchev–Trinajstić information content (AvgIpc) is 2.39. The molecule has 2 rings (SSSR count). The summed E-state index contributed by atoms with van der Waals surface area (Å²) in [7, 11) is -4.69. The van der Waals surface area contributed by atoms with Crippen LogP contribution in [0.2, 0.25) is 5.02 Å². The fourth-order valence-electron chi connectivity index (χ4n) is 1.54. The van der Waals surface area contributed by atoms with Gasteiger partial charge in [-0.1, -0.05) is 11.6 Å². The number of phenols is 3. The van der Waals surface area contributed by atoms with E-state index in [1.54, 1.807) is 0 Å². The van der Waals surface area contributed by atoms with Crippen LogP contribution in [-0.2, 0) is 10.1 Å². The lowest BCUT2D eigenvalue weighted by atomic mass is 10.3. The summed E-state index contributed by atoms with van der Waals surface area (Å²) in [5, 5.41) is 35.6. The van der Waals surface area contributed by atoms with Crippen molar-refractivity contribution in [3.8, 4) is 17.2 Å². The molecule has 10 heteroatoms. The molecule has 116 valence electrons. The maximum atomic E-state index is 11.1. The highest BCUT2D eigenvalue weighted by Gasteiger charge is 2.19. The highest BCUT2D eigenvalue weighted by atomic mass is 35.5. The van der Waals surface area contributed by atoms with E-state index in [2.05, 4.69) is 10.2 Å². The summed E-state index contributed by atoms with van der Waals surface area (Å²) in [5.74, 6) is -1.40. The Morgan fingerprint density at radius 2 is 1.59 bits per heavy atom. The van der Waals surface area contributed by atoms with Crippen molar-refractivity contribution in [2.24, 2.45) is 10.2 Å². The first-order chi connectivity index (χ1) is 10.2. The van der Waals surface area contributed by atoms with E-state index in [4.69, 9.17) is 21.3 Å². The fraction of sp³-hybridized carbons (Fsp3) is 0. The number of phenolic OH excluding ortho intramolecular Hbond substituents is 3. The van der Waals surface area contributed by atoms with E-state index in [-0.39, 0.29) is 27.9 Å². The number of azo groups is 1. The summed E-state index contributed by atoms with van der Waals surface area (Å²) < 4.78 is 31.2. The zero-order chi connectivity index (χ0) is 16.5. The molecule has 0 saturated heterocycles. The van der Waals surface area contributed by atoms with Crippen LogP contribution in [0.15, 0.2) is 45.5 Å². The second-order valence-corrected chi connectivity index (χ2v) is 5.95. The smallest absolute Gasteiger partial charge is 0.298 e. The topological polar surface area (TPSA) is 140 Å². The molecule has 0 aromatic heterocycles. The van der Waals surface area contributed by atoms with Gasteiger partial charge < -0.3 is 15.3 Å². The lowest BCUT2D eigenvalue weighted by Gasteiger charge is -2.05. The molecule has 0 bridgehead atoms. The number of rotatable bonds is 3. The van der Waals surface area contributed by atoms with Gasteiger partial charge in [-0.2, -0.15) is 8.42 Å². The van der Waals surface area contributed by atoms with E-state index in [9.17, 15) is 18.6 Å². The maximum Gasteiger partial charge on any atom is 0.298 e. The van der Waals surface area contributed by atoms with Gasteiger partial charge in [0.1, 0.15) is 27.8 Å². The van der Waals surface area contributed by atoms with Crippen LogP contribution in [0.3, 0.4) is 0 Å². The molecule has 22 heavy (non-hydrogen) atoms. The van der Waals surface area contributed by atoms with Crippen molar-refractivity contribution in [1.82, 2.24) is 0 Å². The van der Waals surface area contributed by atoms with Gasteiger partial charge in [0.15, 0.2) is 5.75 Å². The van der Waals surface area contributed by atoms with Crippen LogP contribution in [0.4, 0.5) is 11.4 Å². The summed E-state index contributed by atoms with van der Waals surface area (Å²) >= 11 is 5.69. The molecule has 0 saturated carbocycles. The number of halogens is 1. The number of nitrogens with zero attached hydrogens (tertiary/aromatic N) is 2. The standard InChI is InChI=1S/C12H9ClN2O6S/c13-6-3-9(12(18)11(4-6)22(19,20)21)15-14-8-2-1-7(16)5-10(8)17/h1-5,16-18H,(H,19,20,21)/b15-14+. The lowest BCUT2D eigenvalue weighted by Crippen LogP contribution is -1.98. The molecule has 0 spiro atoms. The largest absolute Gasteiger partial charge is 0.508 e. The second-order valence-electron chi connectivity index (χ2n) is 4.12. The molecule has 0 unspecified atom stereocenters. The van der Waals surface area contributed by atoms with E-state index in [1.807, 2.05) is 0 Å². The predicted molar refractivity (Wildman–Crippen MR) is 76.9 cm³/mol. The highest BCUT2D eigenvalue weighted by molar-refractivity contribution is 7.86. The minimum Gasteiger partial charge on any atom is -0.508 e. The van der Waals surface area contributed by atoms with Gasteiger partial charge >= 0.3 is 0 Å². The average molecular weight is 345 g/mol. The Kier molecular flexibility index (Phi) is 4.22. The van der Waals surface area contributed by atoms with Crippen LogP contribution in [0.1, 0.15) is 0 Å². The molecule has 0 aliphatic carbocycles. The van der Waals surface area contributed by atoms with Crippen molar-refractivity contribution in [2.75, 3.05) is 0 Å². The maximum absolute atomic E-state index is 11.1. The third-order valence-electron chi connectivity index (χ3n) is 2.52. The highest BCUT2D eigenvalue weighted by Crippen LogP contribution is 2.38. The second kappa shape index (κ2) is 5.79. The van der Waals surface area contributed by atoms with Crippen molar-refractivity contribution >= 4 is 33.1 Å². The molecule has 0 aliphatic heterocycles. The first-order valence-corrected chi connectivity index (χ1v) is 7.44. The Morgan fingerprint density at radius 3 is 2.18 bits per heavy atom. The minimum absolute atomic E-state index is 0.0365. The van der Waals surface area contributed by atoms with Gasteiger partial charge in [0, 0.05) is 11.1 Å². The van der Waals surface area contributed by atoms with Crippen LogP contribution in [-0.4, -0.2) is 28.3 Å². The molecular formula is C12H9ClN2O6S. The van der Waals surface area contributed by atoms with Gasteiger partial charge in [-0.15, -0.1) is 10.2 Å². The van der Waals surface area contributed by atoms with E-state index in [1.165, 1.54) is 12.1 Å². The van der Waals surface area contributed by atoms with Crippen LogP contribution in [0, 0.1) is 0 Å². The molecule has 8 nitrogen and oxygen atoms in total. The van der Waals surface area contributed by atoms with Crippen LogP contribution < -0.4 is 0 Å². The van der Waals surface area contributed by atoms with Crippen LogP contribution in [0.25, 0.3) is 0 Å². The summed E-state index contributed by atoms with van der Waals surface area (Å²) in [4.78, 5) is -0.816. The first kappa shape index (κ1) is 16.0. The molecule has 0 radical (unpaired) electrons. The first-order valence-electron chi connectivity index (χ1n) is 5.62. The normalized spacial score (nSPS) is 11.9. The van der Waals surface area contributed by atoms with Crippen molar-refractivity contribution in [3.05, 3.63) is 35.4 Å². The molecule has 0 aliphatic rings.